The maximum atomic E-state index is 6.49. The molecule has 0 fully saturated rings. The molecule has 2 unspecified atom stereocenters. The van der Waals surface area contributed by atoms with E-state index >= 15 is 0 Å². The van der Waals surface area contributed by atoms with Crippen LogP contribution in [-0.4, -0.2) is 15.3 Å². The highest BCUT2D eigenvalue weighted by Gasteiger charge is 2.25. The second-order valence-electron chi connectivity index (χ2n) is 10.1. The van der Waals surface area contributed by atoms with Gasteiger partial charge in [-0.25, -0.2) is 15.0 Å². The number of nitrogens with zero attached hydrogens (tertiary/aromatic N) is 3. The van der Waals surface area contributed by atoms with Crippen LogP contribution in [0, 0.1) is 0 Å². The molecule has 1 aromatic heterocycles. The molecule has 7 rings (SSSR count). The van der Waals surface area contributed by atoms with Crippen molar-refractivity contribution in [2.24, 2.45) is 4.99 Å². The number of benzene rings is 5. The Morgan fingerprint density at radius 1 is 0.575 bits per heavy atom. The van der Waals surface area contributed by atoms with Gasteiger partial charge in [-0.05, 0) is 80.5 Å². The number of rotatable bonds is 4. The second-order valence-corrected chi connectivity index (χ2v) is 10.8. The van der Waals surface area contributed by atoms with Crippen molar-refractivity contribution in [1.82, 2.24) is 15.3 Å². The zero-order valence-corrected chi connectivity index (χ0v) is 22.9. The van der Waals surface area contributed by atoms with Gasteiger partial charge in [0.1, 0.15) is 0 Å². The lowest BCUT2D eigenvalue weighted by molar-refractivity contribution is 0.495. The molecule has 5 aromatic carbocycles. The van der Waals surface area contributed by atoms with Crippen LogP contribution in [0.3, 0.4) is 0 Å². The molecule has 0 bridgehead atoms. The van der Waals surface area contributed by atoms with Crippen molar-refractivity contribution < 1.29 is 0 Å². The van der Waals surface area contributed by atoms with Crippen molar-refractivity contribution in [3.05, 3.63) is 132 Å². The highest BCUT2D eigenvalue weighted by Crippen LogP contribution is 2.35. The van der Waals surface area contributed by atoms with Gasteiger partial charge in [0.15, 0.2) is 5.29 Å². The maximum Gasteiger partial charge on any atom is 0.223 e. The molecule has 6 heteroatoms. The quantitative estimate of drug-likeness (QED) is 0.173. The van der Waals surface area contributed by atoms with Gasteiger partial charge in [0.2, 0.25) is 5.28 Å². The minimum absolute atomic E-state index is 0.0202. The fourth-order valence-electron chi connectivity index (χ4n) is 5.45. The molecule has 1 aliphatic rings. The SMILES string of the molecule is ClC1=NC(c2ccc3ccccc3c2)CC(c2ccc(-c3cc(-c4ccc5ccccc5c4)nc(Cl)n3)cc2)N1. The highest BCUT2D eigenvalue weighted by atomic mass is 35.5. The molecule has 1 N–H and O–H groups in total. The van der Waals surface area contributed by atoms with Crippen LogP contribution in [0.2, 0.25) is 5.28 Å². The van der Waals surface area contributed by atoms with Crippen molar-refractivity contribution in [2.75, 3.05) is 0 Å². The lowest BCUT2D eigenvalue weighted by Gasteiger charge is -2.28. The molecule has 1 aliphatic heterocycles. The molecule has 2 atom stereocenters. The van der Waals surface area contributed by atoms with Gasteiger partial charge in [0.25, 0.3) is 0 Å². The van der Waals surface area contributed by atoms with Crippen molar-refractivity contribution in [3.63, 3.8) is 0 Å². The smallest absolute Gasteiger partial charge is 0.223 e. The fourth-order valence-corrected chi connectivity index (χ4v) is 5.88. The third-order valence-electron chi connectivity index (χ3n) is 7.53. The lowest BCUT2D eigenvalue weighted by atomic mass is 9.92. The van der Waals surface area contributed by atoms with Gasteiger partial charge in [-0.3, -0.25) is 0 Å². The Hall–Kier alpha value is -4.25. The summed E-state index contributed by atoms with van der Waals surface area (Å²) in [6, 6.07) is 39.9. The van der Waals surface area contributed by atoms with E-state index in [0.29, 0.717) is 5.29 Å². The third-order valence-corrected chi connectivity index (χ3v) is 7.91. The number of halogens is 2. The lowest BCUT2D eigenvalue weighted by Crippen LogP contribution is -2.31. The summed E-state index contributed by atoms with van der Waals surface area (Å²) in [6.45, 7) is 0. The molecular formula is C34H24Cl2N4. The molecule has 0 saturated heterocycles. The number of hydrogen-bond donors (Lipinski definition) is 1. The van der Waals surface area contributed by atoms with E-state index < -0.39 is 0 Å². The van der Waals surface area contributed by atoms with E-state index in [1.807, 2.05) is 18.2 Å². The minimum atomic E-state index is -0.0202. The zero-order valence-electron chi connectivity index (χ0n) is 21.4. The van der Waals surface area contributed by atoms with Gasteiger partial charge < -0.3 is 5.32 Å². The van der Waals surface area contributed by atoms with E-state index in [1.54, 1.807) is 0 Å². The Labute approximate surface area is 242 Å². The summed E-state index contributed by atoms with van der Waals surface area (Å²) in [5.41, 5.74) is 5.84. The Morgan fingerprint density at radius 3 is 1.88 bits per heavy atom. The van der Waals surface area contributed by atoms with Gasteiger partial charge in [0, 0.05) is 11.1 Å². The van der Waals surface area contributed by atoms with E-state index in [9.17, 15) is 0 Å². The summed E-state index contributed by atoms with van der Waals surface area (Å²) >= 11 is 12.9. The fraction of sp³-hybridized carbons (Fsp3) is 0.0882. The number of nitrogens with one attached hydrogen (secondary N) is 1. The summed E-state index contributed by atoms with van der Waals surface area (Å²) in [5, 5.41) is 8.77. The molecule has 4 nitrogen and oxygen atoms in total. The maximum absolute atomic E-state index is 6.49. The van der Waals surface area contributed by atoms with Crippen molar-refractivity contribution in [2.45, 2.75) is 18.5 Å². The van der Waals surface area contributed by atoms with Crippen LogP contribution in [0.25, 0.3) is 44.1 Å². The number of hydrogen-bond acceptors (Lipinski definition) is 4. The standard InChI is InChI=1S/C34H24Cl2N4/c35-33-37-29(19-31(39-33)27-15-9-21-5-1-3-7-25(21)17-27)23-11-13-24(14-12-23)30-20-32(40-34(36)38-30)28-16-10-22-6-2-4-8-26(22)18-28/h1-19,30,32H,20H2,(H,38,40). The van der Waals surface area contributed by atoms with Gasteiger partial charge in [0.05, 0.1) is 23.5 Å². The zero-order chi connectivity index (χ0) is 27.1. The van der Waals surface area contributed by atoms with Crippen molar-refractivity contribution in [1.29, 1.82) is 0 Å². The van der Waals surface area contributed by atoms with Crippen molar-refractivity contribution >= 4 is 50.0 Å². The van der Waals surface area contributed by atoms with Gasteiger partial charge >= 0.3 is 0 Å². The summed E-state index contributed by atoms with van der Waals surface area (Å²) in [5.74, 6) is 0. The molecule has 0 saturated carbocycles. The average molecular weight is 560 g/mol. The summed E-state index contributed by atoms with van der Waals surface area (Å²) in [4.78, 5) is 13.7. The largest absolute Gasteiger partial charge is 0.354 e. The van der Waals surface area contributed by atoms with Gasteiger partial charge in [-0.15, -0.1) is 0 Å². The molecular weight excluding hydrogens is 535 g/mol. The van der Waals surface area contributed by atoms with E-state index in [-0.39, 0.29) is 17.4 Å². The van der Waals surface area contributed by atoms with Crippen LogP contribution in [-0.2, 0) is 0 Å². The molecule has 194 valence electrons. The molecule has 0 spiro atoms. The van der Waals surface area contributed by atoms with Crippen LogP contribution in [0.1, 0.15) is 29.6 Å². The molecule has 0 amide bonds. The van der Waals surface area contributed by atoms with E-state index in [4.69, 9.17) is 28.2 Å². The van der Waals surface area contributed by atoms with Crippen molar-refractivity contribution in [3.8, 4) is 22.5 Å². The third kappa shape index (κ3) is 4.92. The first-order chi connectivity index (χ1) is 19.6. The molecule has 2 heterocycles. The predicted molar refractivity (Wildman–Crippen MR) is 166 cm³/mol. The molecule has 0 radical (unpaired) electrons. The van der Waals surface area contributed by atoms with Gasteiger partial charge in [-0.2, -0.15) is 0 Å². The van der Waals surface area contributed by atoms with Crippen LogP contribution in [0.15, 0.2) is 120 Å². The van der Waals surface area contributed by atoms with E-state index in [1.165, 1.54) is 16.2 Å². The summed E-state index contributed by atoms with van der Waals surface area (Å²) in [7, 11) is 0. The number of amidine groups is 1. The number of aromatic nitrogens is 2. The minimum Gasteiger partial charge on any atom is -0.354 e. The predicted octanol–water partition coefficient (Wildman–Crippen LogP) is 9.14. The van der Waals surface area contributed by atoms with Gasteiger partial charge in [-0.1, -0.05) is 97.1 Å². The Morgan fingerprint density at radius 2 is 1.15 bits per heavy atom. The van der Waals surface area contributed by atoms with Crippen LogP contribution < -0.4 is 5.32 Å². The molecule has 0 aliphatic carbocycles. The molecule has 40 heavy (non-hydrogen) atoms. The Kier molecular flexibility index (Phi) is 6.43. The number of fused-ring (bicyclic) bond motifs is 2. The molecule has 6 aromatic rings. The Bertz CT molecular complexity index is 1900. The first-order valence-electron chi connectivity index (χ1n) is 13.2. The monoisotopic (exact) mass is 558 g/mol. The first kappa shape index (κ1) is 24.8. The van der Waals surface area contributed by atoms with Crippen LogP contribution in [0.4, 0.5) is 0 Å². The Balaban J connectivity index is 1.15. The second kappa shape index (κ2) is 10.4. The highest BCUT2D eigenvalue weighted by molar-refractivity contribution is 6.64. The average Bonchev–Trinajstić information content (AvgIpc) is 3.00. The number of aliphatic imine (C=N–C) groups is 1. The van der Waals surface area contributed by atoms with Crippen LogP contribution in [0.5, 0.6) is 0 Å². The summed E-state index contributed by atoms with van der Waals surface area (Å²) in [6.07, 6.45) is 0.805. The van der Waals surface area contributed by atoms with E-state index in [2.05, 4.69) is 112 Å². The topological polar surface area (TPSA) is 50.2 Å². The normalized spacial score (nSPS) is 17.0. The summed E-state index contributed by atoms with van der Waals surface area (Å²) < 4.78 is 0. The van der Waals surface area contributed by atoms with Crippen LogP contribution >= 0.6 is 23.2 Å². The van der Waals surface area contributed by atoms with E-state index in [0.717, 1.165) is 45.4 Å². The first-order valence-corrected chi connectivity index (χ1v) is 14.0.